The Morgan fingerprint density at radius 2 is 2.00 bits per heavy atom. The summed E-state index contributed by atoms with van der Waals surface area (Å²) >= 11 is 0. The van der Waals surface area contributed by atoms with Crippen molar-refractivity contribution in [2.75, 3.05) is 13.1 Å². The van der Waals surface area contributed by atoms with Gasteiger partial charge in [-0.1, -0.05) is 18.2 Å². The molecule has 0 radical (unpaired) electrons. The second-order valence-corrected chi connectivity index (χ2v) is 7.17. The van der Waals surface area contributed by atoms with Crippen LogP contribution in [0.5, 0.6) is 0 Å². The van der Waals surface area contributed by atoms with E-state index in [1.807, 2.05) is 59.6 Å². The summed E-state index contributed by atoms with van der Waals surface area (Å²) in [6.45, 7) is 5.44. The zero-order valence-corrected chi connectivity index (χ0v) is 15.5. The highest BCUT2D eigenvalue weighted by molar-refractivity contribution is 5.99. The highest BCUT2D eigenvalue weighted by Crippen LogP contribution is 2.38. The van der Waals surface area contributed by atoms with Crippen LogP contribution in [0, 0.1) is 13.8 Å². The quantitative estimate of drug-likeness (QED) is 0.852. The lowest BCUT2D eigenvalue weighted by atomic mass is 10.0. The van der Waals surface area contributed by atoms with Crippen LogP contribution in [-0.2, 0) is 18.3 Å². The summed E-state index contributed by atoms with van der Waals surface area (Å²) in [6.07, 6.45) is 1.71. The topological polar surface area (TPSA) is 58.4 Å². The summed E-state index contributed by atoms with van der Waals surface area (Å²) in [5, 5.41) is 4.43. The highest BCUT2D eigenvalue weighted by Gasteiger charge is 2.43. The molecule has 0 aliphatic carbocycles. The van der Waals surface area contributed by atoms with Crippen molar-refractivity contribution >= 4 is 11.8 Å². The van der Waals surface area contributed by atoms with E-state index < -0.39 is 0 Å². The second kappa shape index (κ2) is 6.27. The van der Waals surface area contributed by atoms with Crippen molar-refractivity contribution in [3.8, 4) is 0 Å². The van der Waals surface area contributed by atoms with Crippen molar-refractivity contribution < 1.29 is 9.59 Å². The molecule has 1 saturated heterocycles. The molecule has 1 fully saturated rings. The number of hydrogen-bond acceptors (Lipinski definition) is 3. The Morgan fingerprint density at radius 1 is 1.23 bits per heavy atom. The highest BCUT2D eigenvalue weighted by atomic mass is 16.2. The monoisotopic (exact) mass is 352 g/mol. The molecule has 3 heterocycles. The van der Waals surface area contributed by atoms with Crippen LogP contribution in [0.15, 0.2) is 24.3 Å². The summed E-state index contributed by atoms with van der Waals surface area (Å²) in [4.78, 5) is 29.4. The largest absolute Gasteiger partial charge is 0.318 e. The molecule has 2 aromatic rings. The standard InChI is InChI=1S/C20H24N4O2/c1-13-15(14(2)22(3)21-13)9-10-18(25)23-11-6-12-24-19(23)16-7-4-5-8-17(16)20(24)26/h4-5,7-8,19H,6,9-12H2,1-3H3. The van der Waals surface area contributed by atoms with Crippen molar-refractivity contribution in [1.82, 2.24) is 19.6 Å². The predicted octanol–water partition coefficient (Wildman–Crippen LogP) is 2.36. The number of rotatable bonds is 3. The van der Waals surface area contributed by atoms with E-state index in [2.05, 4.69) is 5.10 Å². The van der Waals surface area contributed by atoms with Crippen LogP contribution in [0.3, 0.4) is 0 Å². The van der Waals surface area contributed by atoms with Crippen molar-refractivity contribution in [1.29, 1.82) is 0 Å². The molecule has 136 valence electrons. The molecule has 2 aliphatic rings. The molecule has 0 N–H and O–H groups in total. The second-order valence-electron chi connectivity index (χ2n) is 7.17. The molecule has 6 nitrogen and oxygen atoms in total. The number of aryl methyl sites for hydroxylation is 2. The van der Waals surface area contributed by atoms with Crippen molar-refractivity contribution in [2.24, 2.45) is 7.05 Å². The molecule has 2 aliphatic heterocycles. The van der Waals surface area contributed by atoms with Crippen LogP contribution in [0.25, 0.3) is 0 Å². The maximum Gasteiger partial charge on any atom is 0.256 e. The molecule has 6 heteroatoms. The summed E-state index contributed by atoms with van der Waals surface area (Å²) in [7, 11) is 1.93. The van der Waals surface area contributed by atoms with E-state index in [1.54, 1.807) is 0 Å². The van der Waals surface area contributed by atoms with Gasteiger partial charge in [-0.3, -0.25) is 14.3 Å². The van der Waals surface area contributed by atoms with Gasteiger partial charge in [-0.25, -0.2) is 0 Å². The van der Waals surface area contributed by atoms with Gasteiger partial charge in [-0.2, -0.15) is 5.10 Å². The molecule has 0 bridgehead atoms. The number of amides is 2. The fourth-order valence-electron chi connectivity index (χ4n) is 4.26. The van der Waals surface area contributed by atoms with Gasteiger partial charge in [0, 0.05) is 43.4 Å². The van der Waals surface area contributed by atoms with Crippen LogP contribution in [0.1, 0.15) is 51.9 Å². The first-order valence-corrected chi connectivity index (χ1v) is 9.17. The van der Waals surface area contributed by atoms with E-state index in [-0.39, 0.29) is 18.0 Å². The average molecular weight is 352 g/mol. The van der Waals surface area contributed by atoms with E-state index in [9.17, 15) is 9.59 Å². The average Bonchev–Trinajstić information content (AvgIpc) is 3.07. The van der Waals surface area contributed by atoms with E-state index in [1.165, 1.54) is 0 Å². The van der Waals surface area contributed by atoms with Gasteiger partial charge in [0.1, 0.15) is 6.17 Å². The number of hydrogen-bond donors (Lipinski definition) is 0. The zero-order valence-electron chi connectivity index (χ0n) is 15.5. The fraction of sp³-hybridized carbons (Fsp3) is 0.450. The van der Waals surface area contributed by atoms with Gasteiger partial charge in [-0.15, -0.1) is 0 Å². The first kappa shape index (κ1) is 16.8. The lowest BCUT2D eigenvalue weighted by molar-refractivity contribution is -0.139. The number of benzene rings is 1. The molecular weight excluding hydrogens is 328 g/mol. The maximum atomic E-state index is 13.0. The summed E-state index contributed by atoms with van der Waals surface area (Å²) < 4.78 is 1.86. The molecule has 0 saturated carbocycles. The minimum atomic E-state index is -0.240. The predicted molar refractivity (Wildman–Crippen MR) is 97.6 cm³/mol. The Bertz CT molecular complexity index is 886. The lowest BCUT2D eigenvalue weighted by Crippen LogP contribution is -2.48. The summed E-state index contributed by atoms with van der Waals surface area (Å²) in [5.74, 6) is 0.147. The van der Waals surface area contributed by atoms with Gasteiger partial charge in [0.2, 0.25) is 5.91 Å². The Hall–Kier alpha value is -2.63. The molecule has 1 aromatic heterocycles. The molecule has 4 rings (SSSR count). The number of carbonyl (C=O) groups is 2. The van der Waals surface area contributed by atoms with Crippen LogP contribution in [0.2, 0.25) is 0 Å². The van der Waals surface area contributed by atoms with Crippen molar-refractivity contribution in [3.05, 3.63) is 52.3 Å². The number of fused-ring (bicyclic) bond motifs is 3. The van der Waals surface area contributed by atoms with Crippen molar-refractivity contribution in [2.45, 2.75) is 39.3 Å². The third-order valence-electron chi connectivity index (χ3n) is 5.69. The fourth-order valence-corrected chi connectivity index (χ4v) is 4.26. The maximum absolute atomic E-state index is 13.0. The van der Waals surface area contributed by atoms with E-state index in [0.29, 0.717) is 25.9 Å². The molecule has 2 amide bonds. The SMILES string of the molecule is Cc1nn(C)c(C)c1CCC(=O)N1CCCN2C(=O)c3ccccc3C12. The van der Waals surface area contributed by atoms with Crippen LogP contribution in [0.4, 0.5) is 0 Å². The molecule has 0 spiro atoms. The third-order valence-corrected chi connectivity index (χ3v) is 5.69. The van der Waals surface area contributed by atoms with Gasteiger partial charge >= 0.3 is 0 Å². The normalized spacial score (nSPS) is 18.9. The Labute approximate surface area is 153 Å². The van der Waals surface area contributed by atoms with Gasteiger partial charge in [0.15, 0.2) is 0 Å². The van der Waals surface area contributed by atoms with Gasteiger partial charge in [-0.05, 0) is 38.3 Å². The summed E-state index contributed by atoms with van der Waals surface area (Å²) in [5.41, 5.74) is 4.93. The molecule has 1 aromatic carbocycles. The van der Waals surface area contributed by atoms with Gasteiger partial charge < -0.3 is 9.80 Å². The van der Waals surface area contributed by atoms with Crippen LogP contribution < -0.4 is 0 Å². The molecule has 1 unspecified atom stereocenters. The lowest BCUT2D eigenvalue weighted by Gasteiger charge is -2.40. The van der Waals surface area contributed by atoms with Gasteiger partial charge in [0.05, 0.1) is 5.69 Å². The molecule has 1 atom stereocenters. The zero-order chi connectivity index (χ0) is 18.4. The van der Waals surface area contributed by atoms with Gasteiger partial charge in [0.25, 0.3) is 5.91 Å². The summed E-state index contributed by atoms with van der Waals surface area (Å²) in [6, 6.07) is 7.66. The first-order chi connectivity index (χ1) is 12.5. The minimum absolute atomic E-state index is 0.0436. The van der Waals surface area contributed by atoms with E-state index >= 15 is 0 Å². The number of nitrogens with zero attached hydrogens (tertiary/aromatic N) is 4. The minimum Gasteiger partial charge on any atom is -0.318 e. The Kier molecular flexibility index (Phi) is 4.05. The van der Waals surface area contributed by atoms with Crippen LogP contribution >= 0.6 is 0 Å². The first-order valence-electron chi connectivity index (χ1n) is 9.17. The number of aromatic nitrogens is 2. The van der Waals surface area contributed by atoms with E-state index in [0.717, 1.165) is 34.5 Å². The smallest absolute Gasteiger partial charge is 0.256 e. The number of carbonyl (C=O) groups excluding carboxylic acids is 2. The molecule has 26 heavy (non-hydrogen) atoms. The molecular formula is C20H24N4O2. The Morgan fingerprint density at radius 3 is 2.73 bits per heavy atom. The van der Waals surface area contributed by atoms with E-state index in [4.69, 9.17) is 0 Å². The Balaban J connectivity index is 1.55. The van der Waals surface area contributed by atoms with Crippen LogP contribution in [-0.4, -0.2) is 44.5 Å². The van der Waals surface area contributed by atoms with Crippen molar-refractivity contribution in [3.63, 3.8) is 0 Å². The third kappa shape index (κ3) is 2.52.